The average molecular weight is 298 g/mol. The Morgan fingerprint density at radius 3 is 2.77 bits per heavy atom. The number of hydrogen-bond donors (Lipinski definition) is 1. The Bertz CT molecular complexity index is 682. The van der Waals surface area contributed by atoms with Crippen LogP contribution in [-0.2, 0) is 4.79 Å². The molecule has 0 aromatic carbocycles. The van der Waals surface area contributed by atoms with Crippen molar-refractivity contribution in [1.29, 1.82) is 0 Å². The first-order valence-corrected chi connectivity index (χ1v) is 7.74. The second-order valence-electron chi connectivity index (χ2n) is 7.08. The lowest BCUT2D eigenvalue weighted by atomic mass is 9.82. The van der Waals surface area contributed by atoms with Crippen molar-refractivity contribution in [1.82, 2.24) is 9.97 Å². The highest BCUT2D eigenvalue weighted by atomic mass is 16.1. The van der Waals surface area contributed by atoms with Gasteiger partial charge >= 0.3 is 0 Å². The van der Waals surface area contributed by atoms with Gasteiger partial charge < -0.3 is 5.32 Å². The van der Waals surface area contributed by atoms with E-state index in [1.54, 1.807) is 0 Å². The van der Waals surface area contributed by atoms with Crippen molar-refractivity contribution >= 4 is 23.0 Å². The molecule has 5 heteroatoms. The van der Waals surface area contributed by atoms with Gasteiger partial charge in [-0.2, -0.15) is 0 Å². The first kappa shape index (κ1) is 14.9. The van der Waals surface area contributed by atoms with E-state index in [1.165, 1.54) is 17.6 Å². The van der Waals surface area contributed by atoms with Crippen LogP contribution in [0.3, 0.4) is 0 Å². The molecule has 2 aliphatic rings. The van der Waals surface area contributed by atoms with Crippen LogP contribution in [0.15, 0.2) is 17.4 Å². The predicted molar refractivity (Wildman–Crippen MR) is 88.0 cm³/mol. The first-order valence-electron chi connectivity index (χ1n) is 7.74. The van der Waals surface area contributed by atoms with Crippen molar-refractivity contribution in [3.63, 3.8) is 0 Å². The molecule has 1 aromatic heterocycles. The third-order valence-electron chi connectivity index (χ3n) is 4.27. The molecule has 22 heavy (non-hydrogen) atoms. The topological polar surface area (TPSA) is 67.2 Å². The zero-order chi connectivity index (χ0) is 15.9. The molecule has 3 heterocycles. The molecule has 5 nitrogen and oxygen atoms in total. The molecule has 0 fully saturated rings. The molecule has 0 aliphatic carbocycles. The van der Waals surface area contributed by atoms with Crippen LogP contribution in [0.5, 0.6) is 0 Å². The Balaban J connectivity index is 1.99. The number of carbonyl (C=O) groups is 1. The van der Waals surface area contributed by atoms with E-state index in [1.807, 2.05) is 0 Å². The highest BCUT2D eigenvalue weighted by Crippen LogP contribution is 2.37. The number of amides is 1. The fourth-order valence-electron chi connectivity index (χ4n) is 3.04. The number of fused-ring (bicyclic) bond motifs is 1. The van der Waals surface area contributed by atoms with Gasteiger partial charge in [0.1, 0.15) is 12.1 Å². The molecule has 2 aliphatic heterocycles. The third kappa shape index (κ3) is 2.67. The van der Waals surface area contributed by atoms with Crippen LogP contribution < -0.4 is 5.32 Å². The molecule has 3 rings (SSSR count). The lowest BCUT2D eigenvalue weighted by Crippen LogP contribution is -2.26. The van der Waals surface area contributed by atoms with Crippen molar-refractivity contribution in [3.05, 3.63) is 23.7 Å². The van der Waals surface area contributed by atoms with E-state index in [0.717, 1.165) is 17.7 Å². The maximum absolute atomic E-state index is 11.7. The number of carbonyl (C=O) groups excluding carboxylic acids is 1. The molecule has 0 bridgehead atoms. The summed E-state index contributed by atoms with van der Waals surface area (Å²) in [5.41, 5.74) is 4.48. The summed E-state index contributed by atoms with van der Waals surface area (Å²) in [5, 5.41) is 2.86. The van der Waals surface area contributed by atoms with E-state index < -0.39 is 0 Å². The molecule has 0 unspecified atom stereocenters. The minimum atomic E-state index is 0.0271. The van der Waals surface area contributed by atoms with Gasteiger partial charge in [-0.15, -0.1) is 0 Å². The first-order chi connectivity index (χ1) is 10.4. The van der Waals surface area contributed by atoms with Crippen LogP contribution in [0, 0.1) is 5.41 Å². The SMILES string of the molecule is C[C@@H]1CC(=O)Nc2ncnc(C3=CCN=C(C(C)(C)C)C3)c21. The molecule has 1 atom stereocenters. The number of allylic oxidation sites excluding steroid dienone is 1. The van der Waals surface area contributed by atoms with E-state index in [4.69, 9.17) is 0 Å². The van der Waals surface area contributed by atoms with Crippen LogP contribution in [-0.4, -0.2) is 28.1 Å². The van der Waals surface area contributed by atoms with E-state index in [9.17, 15) is 4.79 Å². The second kappa shape index (κ2) is 5.30. The molecule has 0 saturated heterocycles. The fraction of sp³-hybridized carbons (Fsp3) is 0.529. The van der Waals surface area contributed by atoms with Gasteiger partial charge in [-0.1, -0.05) is 33.8 Å². The minimum absolute atomic E-state index is 0.0271. The highest BCUT2D eigenvalue weighted by molar-refractivity contribution is 6.00. The van der Waals surface area contributed by atoms with Gasteiger partial charge in [0.05, 0.1) is 12.2 Å². The number of nitrogens with one attached hydrogen (secondary N) is 1. The summed E-state index contributed by atoms with van der Waals surface area (Å²) < 4.78 is 0. The molecule has 0 spiro atoms. The van der Waals surface area contributed by atoms with E-state index in [-0.39, 0.29) is 17.2 Å². The predicted octanol–water partition coefficient (Wildman–Crippen LogP) is 3.20. The van der Waals surface area contributed by atoms with Gasteiger partial charge in [-0.25, -0.2) is 9.97 Å². The number of dihydropyridines is 1. The smallest absolute Gasteiger partial charge is 0.226 e. The molecule has 116 valence electrons. The third-order valence-corrected chi connectivity index (χ3v) is 4.27. The van der Waals surface area contributed by atoms with Crippen molar-refractivity contribution < 1.29 is 4.79 Å². The van der Waals surface area contributed by atoms with Crippen LogP contribution in [0.25, 0.3) is 5.57 Å². The summed E-state index contributed by atoms with van der Waals surface area (Å²) in [6, 6.07) is 0. The van der Waals surface area contributed by atoms with Crippen molar-refractivity contribution in [2.24, 2.45) is 10.4 Å². The quantitative estimate of drug-likeness (QED) is 0.865. The average Bonchev–Trinajstić information content (AvgIpc) is 2.45. The monoisotopic (exact) mass is 298 g/mol. The number of aliphatic imine (C=N–C) groups is 1. The van der Waals surface area contributed by atoms with Gasteiger partial charge in [0.2, 0.25) is 5.91 Å². The zero-order valence-electron chi connectivity index (χ0n) is 13.6. The largest absolute Gasteiger partial charge is 0.310 e. The van der Waals surface area contributed by atoms with Crippen LogP contribution >= 0.6 is 0 Å². The summed E-state index contributed by atoms with van der Waals surface area (Å²) in [6.07, 6.45) is 4.98. The molecular weight excluding hydrogens is 276 g/mol. The summed E-state index contributed by atoms with van der Waals surface area (Å²) >= 11 is 0. The molecule has 1 N–H and O–H groups in total. The molecule has 1 amide bonds. The zero-order valence-corrected chi connectivity index (χ0v) is 13.6. The lowest BCUT2D eigenvalue weighted by Gasteiger charge is -2.28. The number of nitrogens with zero attached hydrogens (tertiary/aromatic N) is 3. The Morgan fingerprint density at radius 1 is 1.27 bits per heavy atom. The van der Waals surface area contributed by atoms with Crippen molar-refractivity contribution in [2.75, 3.05) is 11.9 Å². The summed E-state index contributed by atoms with van der Waals surface area (Å²) in [6.45, 7) is 9.32. The van der Waals surface area contributed by atoms with Gasteiger partial charge in [0.25, 0.3) is 0 Å². The van der Waals surface area contributed by atoms with Crippen LogP contribution in [0.2, 0.25) is 0 Å². The molecule has 1 aromatic rings. The fourth-order valence-corrected chi connectivity index (χ4v) is 3.04. The number of anilines is 1. The summed E-state index contributed by atoms with van der Waals surface area (Å²) in [7, 11) is 0. The second-order valence-corrected chi connectivity index (χ2v) is 7.08. The molecule has 0 radical (unpaired) electrons. The Hall–Kier alpha value is -2.04. The standard InChI is InChI=1S/C17H22N4O/c1-10-7-13(22)21-16-14(10)15(19-9-20-16)11-5-6-18-12(8-11)17(2,3)4/h5,9-10H,6-8H2,1-4H3,(H,19,20,21,22)/t10-/m1/s1. The summed E-state index contributed by atoms with van der Waals surface area (Å²) in [5.74, 6) is 0.825. The summed E-state index contributed by atoms with van der Waals surface area (Å²) in [4.78, 5) is 25.1. The Kier molecular flexibility index (Phi) is 3.59. The maximum Gasteiger partial charge on any atom is 0.226 e. The molecular formula is C17H22N4O. The number of aromatic nitrogens is 2. The van der Waals surface area contributed by atoms with Gasteiger partial charge in [0, 0.05) is 29.5 Å². The van der Waals surface area contributed by atoms with E-state index in [0.29, 0.717) is 18.8 Å². The molecule has 0 saturated carbocycles. The van der Waals surface area contributed by atoms with E-state index >= 15 is 0 Å². The number of hydrogen-bond acceptors (Lipinski definition) is 4. The highest BCUT2D eigenvalue weighted by Gasteiger charge is 2.29. The van der Waals surface area contributed by atoms with Gasteiger partial charge in [-0.05, 0) is 11.5 Å². The van der Waals surface area contributed by atoms with Gasteiger partial charge in [0.15, 0.2) is 0 Å². The normalized spacial score (nSPS) is 21.6. The lowest BCUT2D eigenvalue weighted by molar-refractivity contribution is -0.116. The maximum atomic E-state index is 11.7. The van der Waals surface area contributed by atoms with E-state index in [2.05, 4.69) is 54.0 Å². The van der Waals surface area contributed by atoms with Gasteiger partial charge in [-0.3, -0.25) is 9.79 Å². The minimum Gasteiger partial charge on any atom is -0.310 e. The van der Waals surface area contributed by atoms with Crippen LogP contribution in [0.1, 0.15) is 57.7 Å². The Morgan fingerprint density at radius 2 is 2.05 bits per heavy atom. The van der Waals surface area contributed by atoms with Crippen molar-refractivity contribution in [2.45, 2.75) is 46.5 Å². The Labute approximate surface area is 131 Å². The van der Waals surface area contributed by atoms with Crippen LogP contribution in [0.4, 0.5) is 5.82 Å². The number of rotatable bonds is 1. The van der Waals surface area contributed by atoms with Crippen molar-refractivity contribution in [3.8, 4) is 0 Å².